The Morgan fingerprint density at radius 2 is 1.85 bits per heavy atom. The molecule has 136 valence electrons. The molecule has 4 rings (SSSR count). The lowest BCUT2D eigenvalue weighted by Crippen LogP contribution is -2.56. The molecule has 0 saturated carbocycles. The number of halogens is 1. The van der Waals surface area contributed by atoms with Crippen molar-refractivity contribution < 1.29 is 9.18 Å². The van der Waals surface area contributed by atoms with E-state index in [9.17, 15) is 9.18 Å². The molecular weight excluding hydrogens is 327 g/mol. The molecule has 1 saturated heterocycles. The molecule has 3 nitrogen and oxygen atoms in total. The van der Waals surface area contributed by atoms with Gasteiger partial charge in [-0.3, -0.25) is 9.69 Å². The lowest BCUT2D eigenvalue weighted by Gasteiger charge is -2.50. The van der Waals surface area contributed by atoms with Crippen LogP contribution in [0, 0.1) is 5.82 Å². The predicted molar refractivity (Wildman–Crippen MR) is 100 cm³/mol. The predicted octanol–water partition coefficient (Wildman–Crippen LogP) is 3.54. The highest BCUT2D eigenvalue weighted by molar-refractivity contribution is 5.79. The largest absolute Gasteiger partial charge is 0.339 e. The van der Waals surface area contributed by atoms with E-state index in [2.05, 4.69) is 43.0 Å². The Kier molecular flexibility index (Phi) is 4.31. The first-order chi connectivity index (χ1) is 12.4. The molecular formula is C22H25FN2O. The molecule has 0 spiro atoms. The molecule has 26 heavy (non-hydrogen) atoms. The van der Waals surface area contributed by atoms with E-state index in [1.807, 2.05) is 4.90 Å². The Hall–Kier alpha value is -2.20. The van der Waals surface area contributed by atoms with Crippen LogP contribution in [0.15, 0.2) is 48.5 Å². The molecule has 0 N–H and O–H groups in total. The third-order valence-electron chi connectivity index (χ3n) is 5.76. The Morgan fingerprint density at radius 1 is 1.12 bits per heavy atom. The number of amides is 1. The Balaban J connectivity index is 1.53. The van der Waals surface area contributed by atoms with Crippen LogP contribution in [-0.4, -0.2) is 41.9 Å². The summed E-state index contributed by atoms with van der Waals surface area (Å²) in [5, 5.41) is 0. The summed E-state index contributed by atoms with van der Waals surface area (Å²) in [6.45, 7) is 8.01. The van der Waals surface area contributed by atoms with Crippen LogP contribution in [0.3, 0.4) is 0 Å². The van der Waals surface area contributed by atoms with Crippen molar-refractivity contribution in [3.63, 3.8) is 0 Å². The van der Waals surface area contributed by atoms with Crippen molar-refractivity contribution in [2.24, 2.45) is 0 Å². The second-order valence-electron chi connectivity index (χ2n) is 8.10. The molecule has 1 unspecified atom stereocenters. The van der Waals surface area contributed by atoms with Gasteiger partial charge in [0.15, 0.2) is 0 Å². The highest BCUT2D eigenvalue weighted by atomic mass is 19.1. The molecule has 2 heterocycles. The third-order valence-corrected chi connectivity index (χ3v) is 5.76. The number of hydrogen-bond donors (Lipinski definition) is 0. The maximum Gasteiger partial charge on any atom is 0.227 e. The molecule has 0 radical (unpaired) electrons. The van der Waals surface area contributed by atoms with Crippen molar-refractivity contribution in [3.05, 3.63) is 71.0 Å². The number of nitrogens with zero attached hydrogens (tertiary/aromatic N) is 2. The van der Waals surface area contributed by atoms with Gasteiger partial charge in [0.2, 0.25) is 5.91 Å². The van der Waals surface area contributed by atoms with Crippen molar-refractivity contribution in [2.45, 2.75) is 31.7 Å². The second-order valence-corrected chi connectivity index (χ2v) is 8.10. The zero-order valence-corrected chi connectivity index (χ0v) is 15.4. The minimum absolute atomic E-state index is 0.124. The zero-order chi connectivity index (χ0) is 18.3. The Labute approximate surface area is 154 Å². The highest BCUT2D eigenvalue weighted by Gasteiger charge is 2.40. The van der Waals surface area contributed by atoms with Crippen LogP contribution >= 0.6 is 0 Å². The molecule has 0 bridgehead atoms. The first-order valence-corrected chi connectivity index (χ1v) is 9.30. The number of hydrogen-bond acceptors (Lipinski definition) is 2. The Morgan fingerprint density at radius 3 is 2.62 bits per heavy atom. The van der Waals surface area contributed by atoms with E-state index < -0.39 is 0 Å². The van der Waals surface area contributed by atoms with Gasteiger partial charge in [0.05, 0.1) is 12.5 Å². The summed E-state index contributed by atoms with van der Waals surface area (Å²) in [5.41, 5.74) is 3.74. The monoisotopic (exact) mass is 352 g/mol. The first kappa shape index (κ1) is 17.2. The summed E-state index contributed by atoms with van der Waals surface area (Å²) < 4.78 is 13.1. The molecule has 4 heteroatoms. The average molecular weight is 352 g/mol. The maximum absolute atomic E-state index is 13.1. The van der Waals surface area contributed by atoms with E-state index >= 15 is 0 Å². The van der Waals surface area contributed by atoms with Crippen molar-refractivity contribution in [3.8, 4) is 0 Å². The Bertz CT molecular complexity index is 815. The molecule has 2 aliphatic heterocycles. The summed E-state index contributed by atoms with van der Waals surface area (Å²) in [6.07, 6.45) is 0.333. The number of carbonyl (C=O) groups is 1. The van der Waals surface area contributed by atoms with E-state index in [-0.39, 0.29) is 23.2 Å². The molecule has 2 aliphatic rings. The quantitative estimate of drug-likeness (QED) is 0.825. The van der Waals surface area contributed by atoms with Gasteiger partial charge in [-0.15, -0.1) is 0 Å². The second kappa shape index (κ2) is 6.51. The number of benzene rings is 2. The van der Waals surface area contributed by atoms with E-state index in [0.29, 0.717) is 6.42 Å². The van der Waals surface area contributed by atoms with Gasteiger partial charge in [-0.05, 0) is 28.8 Å². The molecule has 1 amide bonds. The minimum Gasteiger partial charge on any atom is -0.339 e. The van der Waals surface area contributed by atoms with Crippen molar-refractivity contribution in [1.82, 2.24) is 9.80 Å². The van der Waals surface area contributed by atoms with Crippen molar-refractivity contribution >= 4 is 5.91 Å². The maximum atomic E-state index is 13.1. The van der Waals surface area contributed by atoms with Gasteiger partial charge in [-0.25, -0.2) is 4.39 Å². The average Bonchev–Trinajstić information content (AvgIpc) is 2.63. The summed E-state index contributed by atoms with van der Waals surface area (Å²) in [7, 11) is 0. The topological polar surface area (TPSA) is 23.6 Å². The lowest BCUT2D eigenvalue weighted by molar-refractivity contribution is -0.134. The SMILES string of the molecule is CC1(C)CN2CCN(C(=O)Cc3ccc(F)cc3)CC2c2ccccc21. The van der Waals surface area contributed by atoms with Crippen LogP contribution in [0.5, 0.6) is 0 Å². The smallest absolute Gasteiger partial charge is 0.227 e. The minimum atomic E-state index is -0.267. The molecule has 2 aromatic carbocycles. The summed E-state index contributed by atoms with van der Waals surface area (Å²) >= 11 is 0. The van der Waals surface area contributed by atoms with E-state index in [0.717, 1.165) is 31.7 Å². The van der Waals surface area contributed by atoms with Crippen molar-refractivity contribution in [2.75, 3.05) is 26.2 Å². The van der Waals surface area contributed by atoms with Crippen LogP contribution in [-0.2, 0) is 16.6 Å². The van der Waals surface area contributed by atoms with E-state index in [4.69, 9.17) is 0 Å². The van der Waals surface area contributed by atoms with Gasteiger partial charge >= 0.3 is 0 Å². The standard InChI is InChI=1S/C22H25FN2O/c1-22(2)15-25-12-11-24(14-20(25)18-5-3-4-6-19(18)22)21(26)13-16-7-9-17(23)10-8-16/h3-10,20H,11-15H2,1-2H3. The molecule has 1 fully saturated rings. The normalized spacial score (nSPS) is 21.8. The molecule has 0 aromatic heterocycles. The van der Waals surface area contributed by atoms with Gasteiger partial charge in [-0.1, -0.05) is 50.2 Å². The fraction of sp³-hybridized carbons (Fsp3) is 0.409. The van der Waals surface area contributed by atoms with Crippen LogP contribution in [0.2, 0.25) is 0 Å². The first-order valence-electron chi connectivity index (χ1n) is 9.30. The van der Waals surface area contributed by atoms with Gasteiger partial charge in [0.1, 0.15) is 5.82 Å². The van der Waals surface area contributed by atoms with Gasteiger partial charge in [0, 0.05) is 31.6 Å². The molecule has 2 aromatic rings. The van der Waals surface area contributed by atoms with Crippen LogP contribution in [0.4, 0.5) is 4.39 Å². The van der Waals surface area contributed by atoms with E-state index in [1.165, 1.54) is 23.3 Å². The number of rotatable bonds is 2. The van der Waals surface area contributed by atoms with Gasteiger partial charge in [0.25, 0.3) is 0 Å². The fourth-order valence-corrected chi connectivity index (χ4v) is 4.42. The van der Waals surface area contributed by atoms with Crippen LogP contribution in [0.1, 0.15) is 36.6 Å². The summed E-state index contributed by atoms with van der Waals surface area (Å²) in [6, 6.07) is 15.1. The summed E-state index contributed by atoms with van der Waals surface area (Å²) in [5.74, 6) is -0.144. The van der Waals surface area contributed by atoms with Gasteiger partial charge in [-0.2, -0.15) is 0 Å². The number of carbonyl (C=O) groups excluding carboxylic acids is 1. The third kappa shape index (κ3) is 3.14. The van der Waals surface area contributed by atoms with Crippen LogP contribution < -0.4 is 0 Å². The van der Waals surface area contributed by atoms with E-state index in [1.54, 1.807) is 12.1 Å². The van der Waals surface area contributed by atoms with Gasteiger partial charge < -0.3 is 4.90 Å². The number of piperazine rings is 1. The molecule has 0 aliphatic carbocycles. The zero-order valence-electron chi connectivity index (χ0n) is 15.4. The number of fused-ring (bicyclic) bond motifs is 3. The highest BCUT2D eigenvalue weighted by Crippen LogP contribution is 2.40. The van der Waals surface area contributed by atoms with Crippen molar-refractivity contribution in [1.29, 1.82) is 0 Å². The van der Waals surface area contributed by atoms with Crippen LogP contribution in [0.25, 0.3) is 0 Å². The lowest BCUT2D eigenvalue weighted by atomic mass is 9.75. The summed E-state index contributed by atoms with van der Waals surface area (Å²) in [4.78, 5) is 17.3. The molecule has 1 atom stereocenters. The fourth-order valence-electron chi connectivity index (χ4n) is 4.42.